The highest BCUT2D eigenvalue weighted by molar-refractivity contribution is 7.39. The molecule has 0 aliphatic heterocycles. The molecule has 42 heavy (non-hydrogen) atoms. The highest BCUT2D eigenvalue weighted by Gasteiger charge is 2.19. The Balaban J connectivity index is 1.42. The fourth-order valence-electron chi connectivity index (χ4n) is 5.56. The number of fused-ring (bicyclic) bond motifs is 2. The number of aromatic nitrogens is 2. The number of thiophene rings is 2. The molecule has 0 atom stereocenters. The van der Waals surface area contributed by atoms with E-state index in [0.717, 1.165) is 63.5 Å². The van der Waals surface area contributed by atoms with Crippen LogP contribution in [-0.2, 0) is 0 Å². The lowest BCUT2D eigenvalue weighted by Crippen LogP contribution is -2.00. The number of rotatable bonds is 11. The number of hydrogen-bond donors (Lipinski definition) is 0. The molecule has 0 fully saturated rings. The number of nitrogens with zero attached hydrogens (tertiary/aromatic N) is 2. The maximum absolute atomic E-state index is 6.23. The van der Waals surface area contributed by atoms with Gasteiger partial charge in [-0.1, -0.05) is 87.1 Å². The second-order valence-electron chi connectivity index (χ2n) is 11.3. The number of hydrogen-bond acceptors (Lipinski definition) is 5. The number of ether oxygens (including phenoxy) is 1. The van der Waals surface area contributed by atoms with E-state index in [9.17, 15) is 0 Å². The summed E-state index contributed by atoms with van der Waals surface area (Å²) < 4.78 is 7.59. The fourth-order valence-corrected chi connectivity index (χ4v) is 8.00. The normalized spacial score (nSPS) is 11.5. The largest absolute Gasteiger partial charge is 0.494 e. The molecule has 3 heterocycles. The van der Waals surface area contributed by atoms with Gasteiger partial charge in [0.1, 0.15) is 5.75 Å². The highest BCUT2D eigenvalue weighted by Crippen LogP contribution is 2.42. The van der Waals surface area contributed by atoms with Crippen LogP contribution in [0.25, 0.3) is 53.4 Å². The van der Waals surface area contributed by atoms with Crippen molar-refractivity contribution in [2.75, 3.05) is 6.61 Å². The van der Waals surface area contributed by atoms with Crippen LogP contribution in [0.4, 0.5) is 0 Å². The first-order valence-corrected chi connectivity index (χ1v) is 16.8. The van der Waals surface area contributed by atoms with Gasteiger partial charge in [-0.25, -0.2) is 9.97 Å². The topological polar surface area (TPSA) is 35.0 Å². The van der Waals surface area contributed by atoms with Crippen molar-refractivity contribution in [2.24, 2.45) is 0 Å². The molecule has 6 rings (SSSR count). The van der Waals surface area contributed by atoms with Crippen LogP contribution < -0.4 is 4.74 Å². The van der Waals surface area contributed by atoms with Crippen molar-refractivity contribution >= 4 is 43.1 Å². The van der Waals surface area contributed by atoms with E-state index >= 15 is 0 Å². The Bertz CT molecular complexity index is 1820. The molecule has 0 radical (unpaired) electrons. The summed E-state index contributed by atoms with van der Waals surface area (Å²) in [4.78, 5) is 13.4. The molecule has 3 aromatic heterocycles. The van der Waals surface area contributed by atoms with Crippen molar-refractivity contribution in [1.29, 1.82) is 0 Å². The van der Waals surface area contributed by atoms with E-state index < -0.39 is 0 Å². The van der Waals surface area contributed by atoms with Crippen molar-refractivity contribution in [3.8, 4) is 38.7 Å². The molecule has 0 unspecified atom stereocenters. The summed E-state index contributed by atoms with van der Waals surface area (Å²) >= 11 is 3.71. The Morgan fingerprint density at radius 3 is 2.21 bits per heavy atom. The van der Waals surface area contributed by atoms with Gasteiger partial charge < -0.3 is 4.74 Å². The molecule has 6 aromatic rings. The summed E-state index contributed by atoms with van der Waals surface area (Å²) in [6.45, 7) is 9.43. The van der Waals surface area contributed by atoms with Gasteiger partial charge in [0.05, 0.1) is 33.0 Å². The summed E-state index contributed by atoms with van der Waals surface area (Å²) in [6, 6.07) is 25.9. The van der Waals surface area contributed by atoms with Gasteiger partial charge in [-0.3, -0.25) is 0 Å². The molecule has 3 aromatic carbocycles. The molecule has 0 aliphatic rings. The number of benzene rings is 3. The van der Waals surface area contributed by atoms with Gasteiger partial charge >= 0.3 is 0 Å². The SMILES string of the molecule is CCCCCCCCOc1cccc(-c2nc3c(-c4cc5cc(C)sc5s4)ccc(C)c3nc2-c2cccc(C)c2)c1. The second-order valence-corrected chi connectivity index (χ2v) is 13.8. The third-order valence-electron chi connectivity index (χ3n) is 7.79. The zero-order valence-corrected chi connectivity index (χ0v) is 26.6. The molecular weight excluding hydrogens is 553 g/mol. The smallest absolute Gasteiger partial charge is 0.119 e. The van der Waals surface area contributed by atoms with Crippen LogP contribution in [0.1, 0.15) is 61.5 Å². The van der Waals surface area contributed by atoms with E-state index in [0.29, 0.717) is 0 Å². The van der Waals surface area contributed by atoms with Crippen LogP contribution in [0.2, 0.25) is 0 Å². The Morgan fingerprint density at radius 2 is 1.43 bits per heavy atom. The number of aryl methyl sites for hydroxylation is 3. The molecule has 5 heteroatoms. The monoisotopic (exact) mass is 590 g/mol. The summed E-state index contributed by atoms with van der Waals surface area (Å²) in [5.41, 5.74) is 9.28. The van der Waals surface area contributed by atoms with Crippen molar-refractivity contribution < 1.29 is 4.74 Å². The highest BCUT2D eigenvalue weighted by atomic mass is 32.2. The van der Waals surface area contributed by atoms with E-state index in [-0.39, 0.29) is 0 Å². The molecular formula is C37H38N2OS2. The van der Waals surface area contributed by atoms with E-state index in [1.54, 1.807) is 0 Å². The van der Waals surface area contributed by atoms with Crippen LogP contribution in [0.15, 0.2) is 72.8 Å². The Labute approximate surface area is 257 Å². The molecule has 214 valence electrons. The molecule has 0 saturated carbocycles. The average Bonchev–Trinajstić information content (AvgIpc) is 3.54. The Morgan fingerprint density at radius 1 is 0.690 bits per heavy atom. The standard InChI is InChI=1S/C37H38N2OS2/c1-5-6-7-8-9-10-19-40-30-16-12-15-28(22-30)35-34(27-14-11-13-24(2)20-27)38-33-25(3)17-18-31(36(33)39-35)32-23-29-21-26(4)41-37(29)42-32/h11-18,20-23H,5-10,19H2,1-4H3. The van der Waals surface area contributed by atoms with Gasteiger partial charge in [0.25, 0.3) is 0 Å². The molecule has 0 bridgehead atoms. The van der Waals surface area contributed by atoms with Crippen molar-refractivity contribution in [2.45, 2.75) is 66.2 Å². The Kier molecular flexibility index (Phi) is 8.68. The predicted octanol–water partition coefficient (Wildman–Crippen LogP) is 11.6. The van der Waals surface area contributed by atoms with E-state index in [4.69, 9.17) is 14.7 Å². The lowest BCUT2D eigenvalue weighted by atomic mass is 10.00. The maximum Gasteiger partial charge on any atom is 0.119 e. The molecule has 0 spiro atoms. The van der Waals surface area contributed by atoms with Crippen molar-refractivity contribution in [1.82, 2.24) is 9.97 Å². The minimum atomic E-state index is 0.738. The molecule has 0 aliphatic carbocycles. The molecule has 0 amide bonds. The molecule has 0 saturated heterocycles. The van der Waals surface area contributed by atoms with Gasteiger partial charge in [0.15, 0.2) is 0 Å². The van der Waals surface area contributed by atoms with Crippen LogP contribution in [0.3, 0.4) is 0 Å². The van der Waals surface area contributed by atoms with Gasteiger partial charge in [-0.05, 0) is 63.1 Å². The van der Waals surface area contributed by atoms with E-state index in [1.807, 2.05) is 22.7 Å². The number of unbranched alkanes of at least 4 members (excludes halogenated alkanes) is 5. The van der Waals surface area contributed by atoms with Crippen LogP contribution in [0.5, 0.6) is 5.75 Å². The molecule has 0 N–H and O–H groups in total. The van der Waals surface area contributed by atoms with E-state index in [2.05, 4.69) is 100 Å². The summed E-state index contributed by atoms with van der Waals surface area (Å²) in [5, 5.41) is 1.31. The molecule has 3 nitrogen and oxygen atoms in total. The lowest BCUT2D eigenvalue weighted by molar-refractivity contribution is 0.304. The summed E-state index contributed by atoms with van der Waals surface area (Å²) in [5.74, 6) is 0.886. The van der Waals surface area contributed by atoms with Gasteiger partial charge in [0.2, 0.25) is 0 Å². The minimum absolute atomic E-state index is 0.738. The van der Waals surface area contributed by atoms with Gasteiger partial charge in [0, 0.05) is 31.8 Å². The first-order chi connectivity index (χ1) is 20.5. The van der Waals surface area contributed by atoms with Crippen molar-refractivity contribution in [3.05, 3.63) is 88.8 Å². The first kappa shape index (κ1) is 28.6. The zero-order valence-electron chi connectivity index (χ0n) is 25.0. The van der Waals surface area contributed by atoms with Crippen LogP contribution >= 0.6 is 22.7 Å². The van der Waals surface area contributed by atoms with Gasteiger partial charge in [-0.15, -0.1) is 22.7 Å². The minimum Gasteiger partial charge on any atom is -0.494 e. The first-order valence-electron chi connectivity index (χ1n) is 15.1. The lowest BCUT2D eigenvalue weighted by Gasteiger charge is -2.15. The van der Waals surface area contributed by atoms with Crippen LogP contribution in [-0.4, -0.2) is 16.6 Å². The maximum atomic E-state index is 6.23. The van der Waals surface area contributed by atoms with Crippen LogP contribution in [0, 0.1) is 20.8 Å². The average molecular weight is 591 g/mol. The Hall–Kier alpha value is -3.54. The quantitative estimate of drug-likeness (QED) is 0.141. The third-order valence-corrected chi connectivity index (χ3v) is 10.1. The fraction of sp³-hybridized carbons (Fsp3) is 0.297. The van der Waals surface area contributed by atoms with Gasteiger partial charge in [-0.2, -0.15) is 0 Å². The summed E-state index contributed by atoms with van der Waals surface area (Å²) in [7, 11) is 0. The zero-order chi connectivity index (χ0) is 29.1. The summed E-state index contributed by atoms with van der Waals surface area (Å²) in [6.07, 6.45) is 7.50. The third kappa shape index (κ3) is 6.13. The second kappa shape index (κ2) is 12.8. The van der Waals surface area contributed by atoms with E-state index in [1.165, 1.54) is 56.8 Å². The van der Waals surface area contributed by atoms with Crippen molar-refractivity contribution in [3.63, 3.8) is 0 Å². The predicted molar refractivity (Wildman–Crippen MR) is 182 cm³/mol.